The average molecular weight is 418 g/mol. The summed E-state index contributed by atoms with van der Waals surface area (Å²) in [6, 6.07) is 16.3. The molecule has 2 atom stereocenters. The van der Waals surface area contributed by atoms with Crippen LogP contribution >= 0.6 is 22.9 Å². The van der Waals surface area contributed by atoms with Crippen LogP contribution in [0.15, 0.2) is 75.8 Å². The van der Waals surface area contributed by atoms with Crippen molar-refractivity contribution in [3.63, 3.8) is 0 Å². The molecule has 2 aromatic carbocycles. The molecule has 4 rings (SSSR count). The number of nitrogens with one attached hydrogen (secondary N) is 1. The van der Waals surface area contributed by atoms with Gasteiger partial charge in [0.05, 0.1) is 9.79 Å². The molecule has 7 heteroatoms. The van der Waals surface area contributed by atoms with Crippen LogP contribution in [0.3, 0.4) is 0 Å². The van der Waals surface area contributed by atoms with Gasteiger partial charge in [0.1, 0.15) is 0 Å². The van der Waals surface area contributed by atoms with Crippen molar-refractivity contribution in [2.24, 2.45) is 5.92 Å². The number of sulfone groups is 1. The van der Waals surface area contributed by atoms with Gasteiger partial charge in [0.2, 0.25) is 15.7 Å². The summed E-state index contributed by atoms with van der Waals surface area (Å²) in [5.74, 6) is 0.261. The molecule has 1 fully saturated rings. The number of benzene rings is 2. The zero-order valence-corrected chi connectivity index (χ0v) is 16.5. The van der Waals surface area contributed by atoms with E-state index < -0.39 is 9.84 Å². The number of rotatable bonds is 5. The molecule has 0 radical (unpaired) electrons. The highest BCUT2D eigenvalue weighted by Crippen LogP contribution is 2.49. The highest BCUT2D eigenvalue weighted by atomic mass is 35.5. The van der Waals surface area contributed by atoms with Crippen LogP contribution in [0, 0.1) is 5.92 Å². The smallest absolute Gasteiger partial charge is 0.228 e. The van der Waals surface area contributed by atoms with E-state index in [-0.39, 0.29) is 21.6 Å². The molecule has 2 unspecified atom stereocenters. The highest BCUT2D eigenvalue weighted by molar-refractivity contribution is 7.91. The molecule has 3 aromatic rings. The molecule has 1 aromatic heterocycles. The third-order valence-corrected chi connectivity index (χ3v) is 7.63. The minimum absolute atomic E-state index is 0.0128. The van der Waals surface area contributed by atoms with Crippen molar-refractivity contribution in [3.8, 4) is 0 Å². The van der Waals surface area contributed by atoms with Gasteiger partial charge < -0.3 is 5.32 Å². The van der Waals surface area contributed by atoms with Gasteiger partial charge in [-0.1, -0.05) is 17.7 Å². The maximum atomic E-state index is 12.6. The van der Waals surface area contributed by atoms with Crippen LogP contribution < -0.4 is 5.32 Å². The number of amides is 1. The van der Waals surface area contributed by atoms with Gasteiger partial charge in [-0.25, -0.2) is 8.42 Å². The second-order valence-electron chi connectivity index (χ2n) is 6.44. The van der Waals surface area contributed by atoms with E-state index in [0.717, 1.165) is 6.42 Å². The van der Waals surface area contributed by atoms with E-state index in [2.05, 4.69) is 11.4 Å². The molecule has 138 valence electrons. The van der Waals surface area contributed by atoms with E-state index in [0.29, 0.717) is 16.6 Å². The van der Waals surface area contributed by atoms with E-state index in [1.165, 1.54) is 29.1 Å². The van der Waals surface area contributed by atoms with Gasteiger partial charge in [0.25, 0.3) is 0 Å². The molecule has 0 aliphatic heterocycles. The topological polar surface area (TPSA) is 63.2 Å². The number of anilines is 1. The van der Waals surface area contributed by atoms with Crippen LogP contribution in [0.5, 0.6) is 0 Å². The summed E-state index contributed by atoms with van der Waals surface area (Å²) in [5, 5.41) is 5.37. The Hall–Kier alpha value is -2.15. The Bertz CT molecular complexity index is 1060. The zero-order chi connectivity index (χ0) is 19.0. The maximum Gasteiger partial charge on any atom is 0.228 e. The first-order valence-corrected chi connectivity index (χ1v) is 11.1. The van der Waals surface area contributed by atoms with Crippen LogP contribution in [-0.4, -0.2) is 14.3 Å². The lowest BCUT2D eigenvalue weighted by Crippen LogP contribution is -2.14. The summed E-state index contributed by atoms with van der Waals surface area (Å²) in [5.41, 5.74) is 0.590. The Balaban J connectivity index is 1.45. The van der Waals surface area contributed by atoms with E-state index in [1.54, 1.807) is 35.6 Å². The predicted molar refractivity (Wildman–Crippen MR) is 107 cm³/mol. The predicted octanol–water partition coefficient (Wildman–Crippen LogP) is 4.98. The lowest BCUT2D eigenvalue weighted by molar-refractivity contribution is -0.117. The summed E-state index contributed by atoms with van der Waals surface area (Å²) in [7, 11) is -3.61. The Morgan fingerprint density at radius 3 is 2.22 bits per heavy atom. The van der Waals surface area contributed by atoms with Gasteiger partial charge >= 0.3 is 0 Å². The second kappa shape index (κ2) is 7.11. The van der Waals surface area contributed by atoms with Crippen LogP contribution in [0.1, 0.15) is 17.2 Å². The van der Waals surface area contributed by atoms with Crippen LogP contribution in [0.25, 0.3) is 0 Å². The highest BCUT2D eigenvalue weighted by Gasteiger charge is 2.44. The average Bonchev–Trinajstić information content (AvgIpc) is 3.28. The van der Waals surface area contributed by atoms with Crippen molar-refractivity contribution in [3.05, 3.63) is 75.9 Å². The zero-order valence-electron chi connectivity index (χ0n) is 14.1. The van der Waals surface area contributed by atoms with Gasteiger partial charge in [-0.05, 0) is 66.4 Å². The summed E-state index contributed by atoms with van der Waals surface area (Å²) in [6.07, 6.45) is 0.857. The van der Waals surface area contributed by atoms with E-state index in [9.17, 15) is 13.2 Å². The molecule has 1 aliphatic rings. The molecule has 1 amide bonds. The third-order valence-electron chi connectivity index (χ3n) is 4.59. The number of halogens is 1. The van der Waals surface area contributed by atoms with Gasteiger partial charge in [-0.3, -0.25) is 4.79 Å². The molecule has 1 saturated carbocycles. The van der Waals surface area contributed by atoms with Gasteiger partial charge in [0.15, 0.2) is 0 Å². The van der Waals surface area contributed by atoms with Gasteiger partial charge in [-0.15, -0.1) is 11.3 Å². The number of hydrogen-bond donors (Lipinski definition) is 1. The largest absolute Gasteiger partial charge is 0.326 e. The Kier molecular flexibility index (Phi) is 4.80. The summed E-state index contributed by atoms with van der Waals surface area (Å²) >= 11 is 7.49. The molecular formula is C20H16ClNO3S2. The van der Waals surface area contributed by atoms with Crippen molar-refractivity contribution in [1.82, 2.24) is 0 Å². The number of thiophene rings is 1. The van der Waals surface area contributed by atoms with Crippen molar-refractivity contribution in [2.75, 3.05) is 5.32 Å². The van der Waals surface area contributed by atoms with Crippen LogP contribution in [0.4, 0.5) is 5.69 Å². The first-order valence-electron chi connectivity index (χ1n) is 8.40. The summed E-state index contributed by atoms with van der Waals surface area (Å²) in [6.45, 7) is 0. The molecule has 0 spiro atoms. The summed E-state index contributed by atoms with van der Waals surface area (Å²) < 4.78 is 25.3. The Morgan fingerprint density at radius 2 is 1.63 bits per heavy atom. The van der Waals surface area contributed by atoms with Crippen molar-refractivity contribution in [1.29, 1.82) is 0 Å². The Labute approximate surface area is 166 Å². The van der Waals surface area contributed by atoms with E-state index in [1.807, 2.05) is 11.4 Å². The fourth-order valence-corrected chi connectivity index (χ4v) is 5.30. The van der Waals surface area contributed by atoms with E-state index in [4.69, 9.17) is 11.6 Å². The van der Waals surface area contributed by atoms with Crippen LogP contribution in [0.2, 0.25) is 5.02 Å². The van der Waals surface area contributed by atoms with Gasteiger partial charge in [-0.2, -0.15) is 0 Å². The van der Waals surface area contributed by atoms with Crippen molar-refractivity contribution in [2.45, 2.75) is 22.1 Å². The molecule has 27 heavy (non-hydrogen) atoms. The quantitative estimate of drug-likeness (QED) is 0.637. The fraction of sp³-hybridized carbons (Fsp3) is 0.150. The first-order chi connectivity index (χ1) is 12.9. The lowest BCUT2D eigenvalue weighted by atomic mass is 10.2. The molecule has 1 heterocycles. The SMILES string of the molecule is O=C(Nc1ccc(S(=O)(=O)c2ccc(Cl)cc2)cc1)C1CC1c1cccs1. The molecule has 1 aliphatic carbocycles. The van der Waals surface area contributed by atoms with Crippen LogP contribution in [-0.2, 0) is 14.6 Å². The molecule has 1 N–H and O–H groups in total. The number of carbonyl (C=O) groups is 1. The minimum atomic E-state index is -3.61. The lowest BCUT2D eigenvalue weighted by Gasteiger charge is -2.08. The normalized spacial score (nSPS) is 18.9. The van der Waals surface area contributed by atoms with E-state index >= 15 is 0 Å². The van der Waals surface area contributed by atoms with Crippen molar-refractivity contribution >= 4 is 44.4 Å². The molecule has 0 saturated heterocycles. The standard InChI is InChI=1S/C20H16ClNO3S2/c21-13-3-7-15(8-4-13)27(24,25)16-9-5-14(6-10-16)22-20(23)18-12-17(18)19-2-1-11-26-19/h1-11,17-18H,12H2,(H,22,23). The number of carbonyl (C=O) groups excluding carboxylic acids is 1. The Morgan fingerprint density at radius 1 is 1.00 bits per heavy atom. The molecule has 0 bridgehead atoms. The molecular weight excluding hydrogens is 402 g/mol. The summed E-state index contributed by atoms with van der Waals surface area (Å²) in [4.78, 5) is 14.0. The van der Waals surface area contributed by atoms with Gasteiger partial charge in [0, 0.05) is 27.4 Å². The first kappa shape index (κ1) is 18.2. The van der Waals surface area contributed by atoms with Crippen molar-refractivity contribution < 1.29 is 13.2 Å². The third kappa shape index (κ3) is 3.78. The molecule has 4 nitrogen and oxygen atoms in total. The second-order valence-corrected chi connectivity index (χ2v) is 9.80. The monoisotopic (exact) mass is 417 g/mol. The number of hydrogen-bond acceptors (Lipinski definition) is 4. The fourth-order valence-electron chi connectivity index (χ4n) is 3.00. The minimum Gasteiger partial charge on any atom is -0.326 e. The maximum absolute atomic E-state index is 12.6.